The molecule has 1 fully saturated rings. The topological polar surface area (TPSA) is 47.6 Å². The summed E-state index contributed by atoms with van der Waals surface area (Å²) in [5.74, 6) is 0.0842. The van der Waals surface area contributed by atoms with Gasteiger partial charge in [-0.1, -0.05) is 18.2 Å². The zero-order valence-corrected chi connectivity index (χ0v) is 12.4. The van der Waals surface area contributed by atoms with Gasteiger partial charge in [0, 0.05) is 6.54 Å². The summed E-state index contributed by atoms with van der Waals surface area (Å²) in [6, 6.07) is 6.09. The Kier molecular flexibility index (Phi) is 2.96. The van der Waals surface area contributed by atoms with E-state index >= 15 is 0 Å². The maximum Gasteiger partial charge on any atom is 0.494 e. The molecule has 2 aliphatic heterocycles. The van der Waals surface area contributed by atoms with Crippen LogP contribution in [0, 0.1) is 0 Å². The van der Waals surface area contributed by atoms with Gasteiger partial charge in [0.15, 0.2) is 0 Å². The fourth-order valence-electron chi connectivity index (χ4n) is 2.54. The SMILES string of the molecule is CC1(C)OB(c2ccc3c(c2)CNC(=O)C3)OC1(C)C. The summed E-state index contributed by atoms with van der Waals surface area (Å²) in [5.41, 5.74) is 2.59. The third-order valence-electron chi connectivity index (χ3n) is 4.58. The Balaban J connectivity index is 1.88. The number of hydrogen-bond donors (Lipinski definition) is 1. The van der Waals surface area contributed by atoms with Crippen LogP contribution in [0.5, 0.6) is 0 Å². The highest BCUT2D eigenvalue weighted by Crippen LogP contribution is 2.36. The molecule has 4 nitrogen and oxygen atoms in total. The Morgan fingerprint density at radius 3 is 2.40 bits per heavy atom. The van der Waals surface area contributed by atoms with E-state index in [4.69, 9.17) is 9.31 Å². The predicted octanol–water partition coefficient (Wildman–Crippen LogP) is 1.16. The molecule has 0 aliphatic carbocycles. The fraction of sp³-hybridized carbons (Fsp3) is 0.533. The maximum atomic E-state index is 11.4. The van der Waals surface area contributed by atoms with Crippen LogP contribution in [0.25, 0.3) is 0 Å². The third-order valence-corrected chi connectivity index (χ3v) is 4.58. The first kappa shape index (κ1) is 13.6. The molecule has 0 saturated carbocycles. The van der Waals surface area contributed by atoms with Crippen molar-refractivity contribution in [1.82, 2.24) is 5.32 Å². The monoisotopic (exact) mass is 273 g/mol. The molecule has 1 aromatic carbocycles. The Bertz CT molecular complexity index is 552. The van der Waals surface area contributed by atoms with E-state index in [0.29, 0.717) is 13.0 Å². The molecule has 0 bridgehead atoms. The lowest BCUT2D eigenvalue weighted by Crippen LogP contribution is -2.41. The average Bonchev–Trinajstić information content (AvgIpc) is 2.58. The first-order valence-electron chi connectivity index (χ1n) is 7.02. The summed E-state index contributed by atoms with van der Waals surface area (Å²) in [4.78, 5) is 11.4. The molecule has 106 valence electrons. The molecule has 1 N–H and O–H groups in total. The van der Waals surface area contributed by atoms with Gasteiger partial charge in [-0.15, -0.1) is 0 Å². The Labute approximate surface area is 120 Å². The minimum atomic E-state index is -0.345. The maximum absolute atomic E-state index is 11.4. The Morgan fingerprint density at radius 2 is 1.75 bits per heavy atom. The molecule has 5 heteroatoms. The summed E-state index contributed by atoms with van der Waals surface area (Å²) < 4.78 is 12.1. The number of benzene rings is 1. The van der Waals surface area contributed by atoms with Crippen molar-refractivity contribution in [3.63, 3.8) is 0 Å². The van der Waals surface area contributed by atoms with Gasteiger partial charge in [-0.3, -0.25) is 4.79 Å². The van der Waals surface area contributed by atoms with Crippen molar-refractivity contribution in [3.8, 4) is 0 Å². The van der Waals surface area contributed by atoms with Gasteiger partial charge in [0.2, 0.25) is 5.91 Å². The Morgan fingerprint density at radius 1 is 1.10 bits per heavy atom. The molecule has 0 radical (unpaired) electrons. The standard InChI is InChI=1S/C15H20BNO3/c1-14(2)15(3,4)20-16(19-14)12-6-5-10-8-13(18)17-9-11(10)7-12/h5-7H,8-9H2,1-4H3,(H,17,18). The van der Waals surface area contributed by atoms with Gasteiger partial charge in [-0.25, -0.2) is 0 Å². The molecule has 2 aliphatic rings. The van der Waals surface area contributed by atoms with Crippen molar-refractivity contribution in [3.05, 3.63) is 29.3 Å². The van der Waals surface area contributed by atoms with Crippen LogP contribution in [0.2, 0.25) is 0 Å². The smallest absolute Gasteiger partial charge is 0.399 e. The van der Waals surface area contributed by atoms with Crippen LogP contribution >= 0.6 is 0 Å². The van der Waals surface area contributed by atoms with Gasteiger partial charge in [0.05, 0.1) is 17.6 Å². The highest BCUT2D eigenvalue weighted by molar-refractivity contribution is 6.62. The second kappa shape index (κ2) is 4.33. The summed E-state index contributed by atoms with van der Waals surface area (Å²) in [5, 5.41) is 2.87. The van der Waals surface area contributed by atoms with Gasteiger partial charge < -0.3 is 14.6 Å². The highest BCUT2D eigenvalue weighted by atomic mass is 16.7. The van der Waals surface area contributed by atoms with E-state index < -0.39 is 0 Å². The molecule has 0 aromatic heterocycles. The first-order chi connectivity index (χ1) is 9.28. The lowest BCUT2D eigenvalue weighted by atomic mass is 9.77. The minimum Gasteiger partial charge on any atom is -0.399 e. The lowest BCUT2D eigenvalue weighted by molar-refractivity contribution is -0.121. The van der Waals surface area contributed by atoms with Crippen LogP contribution in [-0.4, -0.2) is 24.2 Å². The van der Waals surface area contributed by atoms with E-state index in [-0.39, 0.29) is 24.2 Å². The quantitative estimate of drug-likeness (QED) is 0.781. The van der Waals surface area contributed by atoms with E-state index in [0.717, 1.165) is 16.6 Å². The van der Waals surface area contributed by atoms with Crippen molar-refractivity contribution >= 4 is 18.5 Å². The summed E-state index contributed by atoms with van der Waals surface area (Å²) in [6.07, 6.45) is 0.457. The van der Waals surface area contributed by atoms with Crippen molar-refractivity contribution in [1.29, 1.82) is 0 Å². The molecule has 0 spiro atoms. The zero-order valence-electron chi connectivity index (χ0n) is 12.4. The normalized spacial score (nSPS) is 23.4. The number of fused-ring (bicyclic) bond motifs is 1. The van der Waals surface area contributed by atoms with Crippen LogP contribution < -0.4 is 10.8 Å². The zero-order chi connectivity index (χ0) is 14.5. The summed E-state index contributed by atoms with van der Waals surface area (Å²) in [7, 11) is -0.345. The van der Waals surface area contributed by atoms with Crippen LogP contribution in [0.15, 0.2) is 18.2 Å². The molecule has 0 atom stereocenters. The molecular weight excluding hydrogens is 253 g/mol. The second-order valence-corrected chi connectivity index (χ2v) is 6.57. The average molecular weight is 273 g/mol. The second-order valence-electron chi connectivity index (χ2n) is 6.57. The van der Waals surface area contributed by atoms with Crippen LogP contribution in [-0.2, 0) is 27.1 Å². The summed E-state index contributed by atoms with van der Waals surface area (Å²) >= 11 is 0. The molecule has 0 unspecified atom stereocenters. The minimum absolute atomic E-state index is 0.0842. The van der Waals surface area contributed by atoms with Gasteiger partial charge in [0.25, 0.3) is 0 Å². The lowest BCUT2D eigenvalue weighted by Gasteiger charge is -2.32. The van der Waals surface area contributed by atoms with E-state index in [1.165, 1.54) is 0 Å². The molecule has 20 heavy (non-hydrogen) atoms. The first-order valence-corrected chi connectivity index (χ1v) is 7.02. The van der Waals surface area contributed by atoms with E-state index in [1.54, 1.807) is 0 Å². The summed E-state index contributed by atoms with van der Waals surface area (Å²) in [6.45, 7) is 8.77. The predicted molar refractivity (Wildman–Crippen MR) is 77.7 cm³/mol. The van der Waals surface area contributed by atoms with Gasteiger partial charge in [0.1, 0.15) is 0 Å². The Hall–Kier alpha value is -1.33. The van der Waals surface area contributed by atoms with E-state index in [9.17, 15) is 4.79 Å². The van der Waals surface area contributed by atoms with Gasteiger partial charge >= 0.3 is 7.12 Å². The number of nitrogens with one attached hydrogen (secondary N) is 1. The third kappa shape index (κ3) is 2.15. The fourth-order valence-corrected chi connectivity index (χ4v) is 2.54. The molecule has 1 aromatic rings. The number of rotatable bonds is 1. The van der Waals surface area contributed by atoms with Gasteiger partial charge in [-0.05, 0) is 44.3 Å². The van der Waals surface area contributed by atoms with Crippen molar-refractivity contribution in [2.24, 2.45) is 0 Å². The van der Waals surface area contributed by atoms with E-state index in [1.807, 2.05) is 39.8 Å². The van der Waals surface area contributed by atoms with Crippen LogP contribution in [0.3, 0.4) is 0 Å². The number of amides is 1. The number of carbonyl (C=O) groups excluding carboxylic acids is 1. The molecule has 1 saturated heterocycles. The van der Waals surface area contributed by atoms with Crippen molar-refractivity contribution in [2.45, 2.75) is 51.9 Å². The van der Waals surface area contributed by atoms with Crippen LogP contribution in [0.1, 0.15) is 38.8 Å². The number of carbonyl (C=O) groups is 1. The largest absolute Gasteiger partial charge is 0.494 e. The van der Waals surface area contributed by atoms with Crippen LogP contribution in [0.4, 0.5) is 0 Å². The molecule has 2 heterocycles. The molecular formula is C15H20BNO3. The van der Waals surface area contributed by atoms with Crippen molar-refractivity contribution in [2.75, 3.05) is 0 Å². The molecule has 3 rings (SSSR count). The number of hydrogen-bond acceptors (Lipinski definition) is 3. The van der Waals surface area contributed by atoms with E-state index in [2.05, 4.69) is 11.4 Å². The highest BCUT2D eigenvalue weighted by Gasteiger charge is 2.51. The van der Waals surface area contributed by atoms with Crippen molar-refractivity contribution < 1.29 is 14.1 Å². The van der Waals surface area contributed by atoms with Gasteiger partial charge in [-0.2, -0.15) is 0 Å². The molecule has 1 amide bonds.